The zero-order valence-electron chi connectivity index (χ0n) is 20.4. The number of hydrogen-bond donors (Lipinski definition) is 1. The second-order valence-corrected chi connectivity index (χ2v) is 9.17. The quantitative estimate of drug-likeness (QED) is 0.430. The molecule has 0 radical (unpaired) electrons. The average molecular weight is 479 g/mol. The lowest BCUT2D eigenvalue weighted by Crippen LogP contribution is -2.35. The van der Waals surface area contributed by atoms with E-state index < -0.39 is 11.9 Å². The lowest BCUT2D eigenvalue weighted by molar-refractivity contribution is -0.126. The zero-order valence-corrected chi connectivity index (χ0v) is 20.4. The fraction of sp³-hybridized carbons (Fsp3) is 0.385. The first-order valence-corrected chi connectivity index (χ1v) is 11.8. The van der Waals surface area contributed by atoms with Gasteiger partial charge in [0.2, 0.25) is 17.8 Å². The maximum atomic E-state index is 13.6. The minimum atomic E-state index is -0.720. The summed E-state index contributed by atoms with van der Waals surface area (Å²) in [6.07, 6.45) is 7.48. The van der Waals surface area contributed by atoms with Gasteiger partial charge in [0, 0.05) is 43.5 Å². The van der Waals surface area contributed by atoms with Gasteiger partial charge in [-0.15, -0.1) is 0 Å². The number of nitrogens with one attached hydrogen (secondary N) is 1. The van der Waals surface area contributed by atoms with E-state index in [1.165, 1.54) is 12.3 Å². The van der Waals surface area contributed by atoms with Crippen molar-refractivity contribution in [1.82, 2.24) is 24.3 Å². The van der Waals surface area contributed by atoms with Gasteiger partial charge in [-0.3, -0.25) is 14.9 Å². The summed E-state index contributed by atoms with van der Waals surface area (Å²) < 4.78 is 15.6. The Morgan fingerprint density at radius 1 is 1.26 bits per heavy atom. The van der Waals surface area contributed by atoms with Crippen LogP contribution in [0.5, 0.6) is 0 Å². The molecule has 2 amide bonds. The second-order valence-electron chi connectivity index (χ2n) is 9.17. The number of anilines is 1. The highest BCUT2D eigenvalue weighted by molar-refractivity contribution is 6.04. The number of nitrogens with zero attached hydrogens (tertiary/aromatic N) is 5. The molecule has 0 saturated carbocycles. The molecule has 1 aliphatic rings. The van der Waals surface area contributed by atoms with Gasteiger partial charge in [-0.25, -0.2) is 9.97 Å². The standard InChI is InChI=1S/C26H31FN6O2/c1-18-8-6-10-21-24(18)33(26(29-21)30-25(35)19-12-13-28-22(27)16-19)20-9-4-5-15-32(17-20)23(34)11-7-14-31(2)3/h6-8,10-13,16,20H,4-5,9,14-15,17H2,1-3H3,(H,29,30,35)/b11-7+. The van der Waals surface area contributed by atoms with E-state index in [1.807, 2.05) is 59.7 Å². The number of imidazole rings is 1. The van der Waals surface area contributed by atoms with Crippen LogP contribution in [0.15, 0.2) is 48.7 Å². The number of likely N-dealkylation sites (tertiary alicyclic amines) is 1. The maximum Gasteiger partial charge on any atom is 0.258 e. The highest BCUT2D eigenvalue weighted by Gasteiger charge is 2.27. The Hall–Kier alpha value is -3.59. The van der Waals surface area contributed by atoms with Gasteiger partial charge in [-0.1, -0.05) is 18.2 Å². The number of amides is 2. The Balaban J connectivity index is 1.68. The number of carbonyl (C=O) groups excluding carboxylic acids is 2. The maximum absolute atomic E-state index is 13.6. The number of pyridine rings is 1. The summed E-state index contributed by atoms with van der Waals surface area (Å²) >= 11 is 0. The van der Waals surface area contributed by atoms with Crippen LogP contribution in [0.3, 0.4) is 0 Å². The minimum Gasteiger partial charge on any atom is -0.337 e. The molecule has 1 aliphatic heterocycles. The fourth-order valence-corrected chi connectivity index (χ4v) is 4.48. The van der Waals surface area contributed by atoms with Crippen molar-refractivity contribution in [2.45, 2.75) is 32.2 Å². The summed E-state index contributed by atoms with van der Waals surface area (Å²) in [5.74, 6) is -0.812. The number of para-hydroxylation sites is 1. The van der Waals surface area contributed by atoms with Crippen LogP contribution in [0.1, 0.15) is 41.2 Å². The number of rotatable bonds is 6. The van der Waals surface area contributed by atoms with Crippen molar-refractivity contribution in [1.29, 1.82) is 0 Å². The van der Waals surface area contributed by atoms with Crippen LogP contribution in [0.25, 0.3) is 11.0 Å². The van der Waals surface area contributed by atoms with E-state index in [0.29, 0.717) is 25.6 Å². The largest absolute Gasteiger partial charge is 0.337 e. The van der Waals surface area contributed by atoms with E-state index in [2.05, 4.69) is 10.3 Å². The second kappa shape index (κ2) is 10.8. The molecule has 0 aliphatic carbocycles. The molecule has 9 heteroatoms. The number of hydrogen-bond acceptors (Lipinski definition) is 5. The monoisotopic (exact) mass is 478 g/mol. The van der Waals surface area contributed by atoms with Gasteiger partial charge in [0.05, 0.1) is 17.1 Å². The molecule has 1 unspecified atom stereocenters. The highest BCUT2D eigenvalue weighted by Crippen LogP contribution is 2.32. The Labute approximate surface area is 204 Å². The summed E-state index contributed by atoms with van der Waals surface area (Å²) in [6.45, 7) is 3.90. The summed E-state index contributed by atoms with van der Waals surface area (Å²) in [5, 5.41) is 2.87. The summed E-state index contributed by atoms with van der Waals surface area (Å²) in [5.41, 5.74) is 2.87. The Morgan fingerprint density at radius 3 is 2.86 bits per heavy atom. The lowest BCUT2D eigenvalue weighted by atomic mass is 10.1. The van der Waals surface area contributed by atoms with Crippen LogP contribution >= 0.6 is 0 Å². The first kappa shape index (κ1) is 24.5. The third-order valence-electron chi connectivity index (χ3n) is 6.18. The average Bonchev–Trinajstić information content (AvgIpc) is 3.01. The van der Waals surface area contributed by atoms with Crippen LogP contribution in [-0.4, -0.2) is 69.9 Å². The van der Waals surface area contributed by atoms with Crippen LogP contribution in [0.2, 0.25) is 0 Å². The lowest BCUT2D eigenvalue weighted by Gasteiger charge is -2.26. The Kier molecular flexibility index (Phi) is 7.55. The molecule has 1 fully saturated rings. The first-order chi connectivity index (χ1) is 16.8. The van der Waals surface area contributed by atoms with Crippen molar-refractivity contribution in [3.05, 3.63) is 65.8 Å². The molecule has 8 nitrogen and oxygen atoms in total. The summed E-state index contributed by atoms with van der Waals surface area (Å²) in [6, 6.07) is 8.33. The molecule has 184 valence electrons. The van der Waals surface area contributed by atoms with Crippen molar-refractivity contribution < 1.29 is 14.0 Å². The molecule has 2 aromatic heterocycles. The van der Waals surface area contributed by atoms with E-state index in [0.717, 1.165) is 41.9 Å². The molecule has 3 heterocycles. The van der Waals surface area contributed by atoms with Gasteiger partial charge in [0.1, 0.15) is 0 Å². The van der Waals surface area contributed by atoms with Gasteiger partial charge >= 0.3 is 0 Å². The number of halogens is 1. The van der Waals surface area contributed by atoms with Gasteiger partial charge in [-0.05, 0) is 58.0 Å². The van der Waals surface area contributed by atoms with Crippen LogP contribution < -0.4 is 5.32 Å². The third kappa shape index (κ3) is 5.74. The minimum absolute atomic E-state index is 0.0160. The molecular formula is C26H31FN6O2. The van der Waals surface area contributed by atoms with E-state index in [-0.39, 0.29) is 17.5 Å². The number of likely N-dealkylation sites (N-methyl/N-ethyl adjacent to an activating group) is 1. The zero-order chi connectivity index (χ0) is 24.9. The molecule has 0 spiro atoms. The fourth-order valence-electron chi connectivity index (χ4n) is 4.48. The van der Waals surface area contributed by atoms with E-state index >= 15 is 0 Å². The van der Waals surface area contributed by atoms with Crippen LogP contribution in [0, 0.1) is 12.9 Å². The number of aryl methyl sites for hydroxylation is 1. The molecule has 4 rings (SSSR count). The molecule has 1 atom stereocenters. The molecule has 1 N–H and O–H groups in total. The van der Waals surface area contributed by atoms with E-state index in [1.54, 1.807) is 6.08 Å². The SMILES string of the molecule is Cc1cccc2nc(NC(=O)c3ccnc(F)c3)n(C3CCCCN(C(=O)/C=C/CN(C)C)C3)c12. The van der Waals surface area contributed by atoms with Crippen molar-refractivity contribution >= 4 is 28.8 Å². The highest BCUT2D eigenvalue weighted by atomic mass is 19.1. The van der Waals surface area contributed by atoms with E-state index in [4.69, 9.17) is 4.98 Å². The van der Waals surface area contributed by atoms with Crippen molar-refractivity contribution in [3.63, 3.8) is 0 Å². The Bertz CT molecular complexity index is 1250. The molecule has 3 aromatic rings. The summed E-state index contributed by atoms with van der Waals surface area (Å²) in [4.78, 5) is 38.0. The van der Waals surface area contributed by atoms with Gasteiger partial charge in [0.15, 0.2) is 0 Å². The molecular weight excluding hydrogens is 447 g/mol. The number of benzene rings is 1. The van der Waals surface area contributed by atoms with Crippen LogP contribution in [-0.2, 0) is 4.79 Å². The predicted octanol–water partition coefficient (Wildman–Crippen LogP) is 3.80. The number of carbonyl (C=O) groups is 2. The van der Waals surface area contributed by atoms with Gasteiger partial charge in [-0.2, -0.15) is 4.39 Å². The summed E-state index contributed by atoms with van der Waals surface area (Å²) in [7, 11) is 3.92. The number of fused-ring (bicyclic) bond motifs is 1. The van der Waals surface area contributed by atoms with E-state index in [9.17, 15) is 14.0 Å². The van der Waals surface area contributed by atoms with Crippen molar-refractivity contribution in [3.8, 4) is 0 Å². The predicted molar refractivity (Wildman–Crippen MR) is 134 cm³/mol. The van der Waals surface area contributed by atoms with Gasteiger partial charge < -0.3 is 14.4 Å². The van der Waals surface area contributed by atoms with Crippen molar-refractivity contribution in [2.75, 3.05) is 39.0 Å². The first-order valence-electron chi connectivity index (χ1n) is 11.8. The molecule has 0 bridgehead atoms. The molecule has 1 aromatic carbocycles. The number of aromatic nitrogens is 3. The van der Waals surface area contributed by atoms with Crippen molar-refractivity contribution in [2.24, 2.45) is 0 Å². The van der Waals surface area contributed by atoms with Crippen LogP contribution in [0.4, 0.5) is 10.3 Å². The smallest absolute Gasteiger partial charge is 0.258 e. The molecule has 1 saturated heterocycles. The Morgan fingerprint density at radius 2 is 2.09 bits per heavy atom. The topological polar surface area (TPSA) is 83.4 Å². The third-order valence-corrected chi connectivity index (χ3v) is 6.18. The molecule has 35 heavy (non-hydrogen) atoms. The normalized spacial score (nSPS) is 16.7. The van der Waals surface area contributed by atoms with Gasteiger partial charge in [0.25, 0.3) is 5.91 Å².